The van der Waals surface area contributed by atoms with Gasteiger partial charge in [-0.2, -0.15) is 0 Å². The van der Waals surface area contributed by atoms with Crippen LogP contribution in [0.4, 0.5) is 0 Å². The monoisotopic (exact) mass is 361 g/mol. The second-order valence-electron chi connectivity index (χ2n) is 5.36. The first-order valence-electron chi connectivity index (χ1n) is 7.94. The van der Waals surface area contributed by atoms with Gasteiger partial charge >= 0.3 is 0 Å². The molecule has 0 fully saturated rings. The number of ether oxygens (including phenoxy) is 1. The van der Waals surface area contributed by atoms with Gasteiger partial charge in [-0.05, 0) is 49.7 Å². The molecule has 132 valence electrons. The molecule has 0 bridgehead atoms. The van der Waals surface area contributed by atoms with Crippen LogP contribution in [-0.2, 0) is 4.79 Å². The Morgan fingerprint density at radius 2 is 1.88 bits per heavy atom. The molecule has 1 atom stereocenters. The number of rotatable bonds is 8. The van der Waals surface area contributed by atoms with Crippen molar-refractivity contribution in [1.29, 1.82) is 0 Å². The van der Waals surface area contributed by atoms with Crippen molar-refractivity contribution < 1.29 is 14.3 Å². The van der Waals surface area contributed by atoms with Crippen LogP contribution < -0.4 is 15.4 Å². The molecule has 6 nitrogen and oxygen atoms in total. The van der Waals surface area contributed by atoms with Gasteiger partial charge < -0.3 is 15.4 Å². The number of hydrogen-bond donors (Lipinski definition) is 2. The van der Waals surface area contributed by atoms with Crippen LogP contribution in [0.15, 0.2) is 48.8 Å². The Labute approximate surface area is 151 Å². The predicted octanol–water partition coefficient (Wildman–Crippen LogP) is 2.44. The highest BCUT2D eigenvalue weighted by Gasteiger charge is 2.14. The van der Waals surface area contributed by atoms with Gasteiger partial charge in [0, 0.05) is 30.5 Å². The highest BCUT2D eigenvalue weighted by atomic mass is 35.5. The molecule has 0 aliphatic carbocycles. The Morgan fingerprint density at radius 1 is 1.16 bits per heavy atom. The zero-order valence-electron chi connectivity index (χ0n) is 13.9. The maximum atomic E-state index is 12.0. The van der Waals surface area contributed by atoms with Gasteiger partial charge in [-0.1, -0.05) is 11.6 Å². The van der Waals surface area contributed by atoms with Gasteiger partial charge in [-0.25, -0.2) is 0 Å². The van der Waals surface area contributed by atoms with Gasteiger partial charge in [0.15, 0.2) is 6.10 Å². The summed E-state index contributed by atoms with van der Waals surface area (Å²) in [6, 6.07) is 10.2. The maximum absolute atomic E-state index is 12.0. The van der Waals surface area contributed by atoms with Crippen molar-refractivity contribution >= 4 is 23.4 Å². The van der Waals surface area contributed by atoms with Gasteiger partial charge in [0.25, 0.3) is 11.8 Å². The minimum absolute atomic E-state index is 0.182. The molecule has 25 heavy (non-hydrogen) atoms. The number of pyridine rings is 1. The second-order valence-corrected chi connectivity index (χ2v) is 5.79. The first kappa shape index (κ1) is 18.7. The predicted molar refractivity (Wildman–Crippen MR) is 95.7 cm³/mol. The summed E-state index contributed by atoms with van der Waals surface area (Å²) in [5.74, 6) is 0.184. The number of hydrogen-bond acceptors (Lipinski definition) is 4. The van der Waals surface area contributed by atoms with E-state index in [0.29, 0.717) is 35.8 Å². The van der Waals surface area contributed by atoms with Crippen molar-refractivity contribution in [2.45, 2.75) is 19.4 Å². The molecule has 0 saturated heterocycles. The summed E-state index contributed by atoms with van der Waals surface area (Å²) in [5.41, 5.74) is 0.511. The molecule has 2 rings (SSSR count). The zero-order chi connectivity index (χ0) is 18.1. The van der Waals surface area contributed by atoms with E-state index >= 15 is 0 Å². The number of carbonyl (C=O) groups is 2. The standard InChI is InChI=1S/C18H20ClN3O3/c1-13(25-16-7-5-15(19)6-8-16)17(23)21-10-3-11-22-18(24)14-4-2-9-20-12-14/h2,4-9,12-13H,3,10-11H2,1H3,(H,21,23)(H,22,24). The minimum Gasteiger partial charge on any atom is -0.481 e. The molecule has 0 radical (unpaired) electrons. The topological polar surface area (TPSA) is 80.3 Å². The number of amides is 2. The van der Waals surface area contributed by atoms with Crippen molar-refractivity contribution in [2.75, 3.05) is 13.1 Å². The molecule has 1 aromatic carbocycles. The van der Waals surface area contributed by atoms with Gasteiger partial charge in [-0.3, -0.25) is 14.6 Å². The third kappa shape index (κ3) is 6.43. The minimum atomic E-state index is -0.619. The highest BCUT2D eigenvalue weighted by molar-refractivity contribution is 6.30. The summed E-state index contributed by atoms with van der Waals surface area (Å²) in [7, 11) is 0. The summed E-state index contributed by atoms with van der Waals surface area (Å²) in [4.78, 5) is 27.7. The number of aromatic nitrogens is 1. The van der Waals surface area contributed by atoms with Crippen LogP contribution in [0, 0.1) is 0 Å². The quantitative estimate of drug-likeness (QED) is 0.708. The third-order valence-electron chi connectivity index (χ3n) is 3.36. The Bertz CT molecular complexity index is 692. The Kier molecular flexibility index (Phi) is 7.22. The average Bonchev–Trinajstić information content (AvgIpc) is 2.63. The van der Waals surface area contributed by atoms with Crippen molar-refractivity contribution in [1.82, 2.24) is 15.6 Å². The molecule has 2 aromatic rings. The summed E-state index contributed by atoms with van der Waals surface area (Å²) < 4.78 is 5.54. The van der Waals surface area contributed by atoms with E-state index in [1.807, 2.05) is 0 Å². The fraction of sp³-hybridized carbons (Fsp3) is 0.278. The number of carbonyl (C=O) groups excluding carboxylic acids is 2. The highest BCUT2D eigenvalue weighted by Crippen LogP contribution is 2.16. The van der Waals surface area contributed by atoms with E-state index < -0.39 is 6.10 Å². The number of halogens is 1. The zero-order valence-corrected chi connectivity index (χ0v) is 14.6. The molecule has 0 spiro atoms. The smallest absolute Gasteiger partial charge is 0.260 e. The van der Waals surface area contributed by atoms with E-state index in [1.165, 1.54) is 6.20 Å². The SMILES string of the molecule is CC(Oc1ccc(Cl)cc1)C(=O)NCCCNC(=O)c1cccnc1. The number of nitrogens with one attached hydrogen (secondary N) is 2. The normalized spacial score (nSPS) is 11.4. The molecular formula is C18H20ClN3O3. The first-order chi connectivity index (χ1) is 12.1. The van der Waals surface area contributed by atoms with Crippen molar-refractivity contribution in [3.8, 4) is 5.75 Å². The van der Waals surface area contributed by atoms with Crippen LogP contribution >= 0.6 is 11.6 Å². The molecule has 0 aliphatic heterocycles. The lowest BCUT2D eigenvalue weighted by Crippen LogP contribution is -2.37. The third-order valence-corrected chi connectivity index (χ3v) is 3.61. The average molecular weight is 362 g/mol. The summed E-state index contributed by atoms with van der Waals surface area (Å²) >= 11 is 5.80. The first-order valence-corrected chi connectivity index (χ1v) is 8.32. The van der Waals surface area contributed by atoms with Crippen LogP contribution in [0.2, 0.25) is 5.02 Å². The molecular weight excluding hydrogens is 342 g/mol. The summed E-state index contributed by atoms with van der Waals surface area (Å²) in [6.45, 7) is 2.58. The van der Waals surface area contributed by atoms with Gasteiger partial charge in [0.2, 0.25) is 0 Å². The molecule has 1 heterocycles. The van der Waals surface area contributed by atoms with Gasteiger partial charge in [0.1, 0.15) is 5.75 Å². The van der Waals surface area contributed by atoms with E-state index in [9.17, 15) is 9.59 Å². The van der Waals surface area contributed by atoms with Crippen molar-refractivity contribution in [2.24, 2.45) is 0 Å². The Balaban J connectivity index is 1.63. The molecule has 2 N–H and O–H groups in total. The van der Waals surface area contributed by atoms with Gasteiger partial charge in [0.05, 0.1) is 5.56 Å². The van der Waals surface area contributed by atoms with E-state index in [0.717, 1.165) is 0 Å². The lowest BCUT2D eigenvalue weighted by Gasteiger charge is -2.14. The molecule has 0 saturated carbocycles. The Hall–Kier alpha value is -2.60. The van der Waals surface area contributed by atoms with Crippen LogP contribution in [0.5, 0.6) is 5.75 Å². The van der Waals surface area contributed by atoms with Crippen LogP contribution in [0.25, 0.3) is 0 Å². The molecule has 7 heteroatoms. The lowest BCUT2D eigenvalue weighted by molar-refractivity contribution is -0.127. The fourth-order valence-corrected chi connectivity index (χ4v) is 2.14. The van der Waals surface area contributed by atoms with E-state index in [1.54, 1.807) is 49.5 Å². The molecule has 1 unspecified atom stereocenters. The van der Waals surface area contributed by atoms with Crippen LogP contribution in [0.3, 0.4) is 0 Å². The lowest BCUT2D eigenvalue weighted by atomic mass is 10.2. The second kappa shape index (κ2) is 9.64. The summed E-state index contributed by atoms with van der Waals surface area (Å²) in [6.07, 6.45) is 3.11. The van der Waals surface area contributed by atoms with Gasteiger partial charge in [-0.15, -0.1) is 0 Å². The fourth-order valence-electron chi connectivity index (χ4n) is 2.02. The molecule has 2 amide bonds. The van der Waals surface area contributed by atoms with E-state index in [-0.39, 0.29) is 11.8 Å². The number of nitrogens with zero attached hydrogens (tertiary/aromatic N) is 1. The van der Waals surface area contributed by atoms with E-state index in [2.05, 4.69) is 15.6 Å². The van der Waals surface area contributed by atoms with Crippen molar-refractivity contribution in [3.05, 3.63) is 59.4 Å². The van der Waals surface area contributed by atoms with Crippen LogP contribution in [0.1, 0.15) is 23.7 Å². The molecule has 0 aliphatic rings. The van der Waals surface area contributed by atoms with E-state index in [4.69, 9.17) is 16.3 Å². The Morgan fingerprint density at radius 3 is 2.56 bits per heavy atom. The number of benzene rings is 1. The van der Waals surface area contributed by atoms with Crippen LogP contribution in [-0.4, -0.2) is 36.0 Å². The van der Waals surface area contributed by atoms with Crippen molar-refractivity contribution in [3.63, 3.8) is 0 Å². The summed E-state index contributed by atoms with van der Waals surface area (Å²) in [5, 5.41) is 6.16. The largest absolute Gasteiger partial charge is 0.481 e. The molecule has 1 aromatic heterocycles. The maximum Gasteiger partial charge on any atom is 0.260 e.